The number of furan rings is 1. The maximum Gasteiger partial charge on any atom is 0.433 e. The van der Waals surface area contributed by atoms with Crippen LogP contribution in [0.1, 0.15) is 11.5 Å². The van der Waals surface area contributed by atoms with Gasteiger partial charge >= 0.3 is 12.2 Å². The van der Waals surface area contributed by atoms with Gasteiger partial charge in [-0.15, -0.1) is 0 Å². The fourth-order valence-electron chi connectivity index (χ4n) is 4.24. The first kappa shape index (κ1) is 25.0. The van der Waals surface area contributed by atoms with Crippen LogP contribution < -0.4 is 10.6 Å². The van der Waals surface area contributed by atoms with E-state index in [1.807, 2.05) is 22.9 Å². The zero-order chi connectivity index (χ0) is 25.8. The van der Waals surface area contributed by atoms with Gasteiger partial charge in [-0.05, 0) is 46.7 Å². The maximum atomic E-state index is 13.4. The highest BCUT2D eigenvalue weighted by molar-refractivity contribution is 7.08. The van der Waals surface area contributed by atoms with Crippen LogP contribution in [0.2, 0.25) is 0 Å². The molecule has 1 saturated heterocycles. The molecule has 0 unspecified atom stereocenters. The van der Waals surface area contributed by atoms with E-state index in [2.05, 4.69) is 25.5 Å². The van der Waals surface area contributed by atoms with Gasteiger partial charge in [-0.2, -0.15) is 24.5 Å². The number of rotatable bonds is 7. The Hall–Kier alpha value is -3.64. The van der Waals surface area contributed by atoms with E-state index in [1.165, 1.54) is 17.4 Å². The second kappa shape index (κ2) is 10.8. The lowest BCUT2D eigenvalue weighted by Crippen LogP contribution is -2.52. The van der Waals surface area contributed by atoms with Crippen LogP contribution in [-0.2, 0) is 12.7 Å². The summed E-state index contributed by atoms with van der Waals surface area (Å²) >= 11 is 1.46. The Kier molecular flexibility index (Phi) is 7.28. The van der Waals surface area contributed by atoms with Crippen molar-refractivity contribution >= 4 is 34.1 Å². The first-order chi connectivity index (χ1) is 17.9. The van der Waals surface area contributed by atoms with Gasteiger partial charge in [0, 0.05) is 56.4 Å². The Balaban J connectivity index is 1.19. The van der Waals surface area contributed by atoms with Gasteiger partial charge in [-0.1, -0.05) is 0 Å². The molecule has 4 aromatic rings. The van der Waals surface area contributed by atoms with E-state index < -0.39 is 11.9 Å². The van der Waals surface area contributed by atoms with E-state index in [-0.39, 0.29) is 11.5 Å². The summed E-state index contributed by atoms with van der Waals surface area (Å²) < 4.78 is 45.3. The molecule has 37 heavy (non-hydrogen) atoms. The summed E-state index contributed by atoms with van der Waals surface area (Å²) in [5, 5.41) is 10.4. The molecule has 0 aliphatic carbocycles. The van der Waals surface area contributed by atoms with Gasteiger partial charge in [0.15, 0.2) is 0 Å². The quantitative estimate of drug-likeness (QED) is 0.353. The summed E-state index contributed by atoms with van der Waals surface area (Å²) in [5.74, 6) is 1.19. The number of urea groups is 1. The fourth-order valence-corrected chi connectivity index (χ4v) is 4.89. The molecule has 194 valence electrons. The van der Waals surface area contributed by atoms with Gasteiger partial charge in [0.25, 0.3) is 0 Å². The molecule has 0 atom stereocenters. The summed E-state index contributed by atoms with van der Waals surface area (Å²) in [6.45, 7) is 4.24. The molecule has 1 fully saturated rings. The number of nitrogens with one attached hydrogen (secondary N) is 2. The Morgan fingerprint density at radius 1 is 1.14 bits per heavy atom. The molecule has 2 amide bonds. The van der Waals surface area contributed by atoms with Crippen molar-refractivity contribution < 1.29 is 22.4 Å². The third kappa shape index (κ3) is 5.86. The Morgan fingerprint density at radius 3 is 2.68 bits per heavy atom. The molecular formula is C25H25F3N6O2S. The zero-order valence-electron chi connectivity index (χ0n) is 19.8. The third-order valence-corrected chi connectivity index (χ3v) is 6.91. The van der Waals surface area contributed by atoms with Crippen LogP contribution in [0.4, 0.5) is 23.8 Å². The lowest BCUT2D eigenvalue weighted by Gasteiger charge is -2.34. The molecule has 0 aromatic carbocycles. The molecule has 8 nitrogen and oxygen atoms in total. The predicted molar refractivity (Wildman–Crippen MR) is 135 cm³/mol. The minimum Gasteiger partial charge on any atom is -0.467 e. The molecule has 2 N–H and O–H groups in total. The summed E-state index contributed by atoms with van der Waals surface area (Å²) in [7, 11) is 0. The molecule has 12 heteroatoms. The zero-order valence-corrected chi connectivity index (χ0v) is 20.6. The van der Waals surface area contributed by atoms with Crippen LogP contribution in [0.25, 0.3) is 22.0 Å². The van der Waals surface area contributed by atoms with E-state index in [4.69, 9.17) is 4.42 Å². The average Bonchev–Trinajstić information content (AvgIpc) is 3.62. The van der Waals surface area contributed by atoms with E-state index in [0.717, 1.165) is 24.7 Å². The van der Waals surface area contributed by atoms with E-state index >= 15 is 0 Å². The van der Waals surface area contributed by atoms with Gasteiger partial charge in [-0.3, -0.25) is 4.90 Å². The number of carbonyl (C=O) groups is 1. The molecule has 0 saturated carbocycles. The minimum atomic E-state index is -4.53. The van der Waals surface area contributed by atoms with E-state index in [0.29, 0.717) is 55.3 Å². The second-order valence-electron chi connectivity index (χ2n) is 8.62. The first-order valence-corrected chi connectivity index (χ1v) is 12.7. The van der Waals surface area contributed by atoms with Crippen molar-refractivity contribution in [3.05, 3.63) is 65.0 Å². The highest BCUT2D eigenvalue weighted by Gasteiger charge is 2.33. The van der Waals surface area contributed by atoms with Crippen LogP contribution in [-0.4, -0.2) is 65.1 Å². The number of anilines is 1. The third-order valence-electron chi connectivity index (χ3n) is 6.22. The number of aromatic nitrogens is 2. The van der Waals surface area contributed by atoms with Gasteiger partial charge < -0.3 is 20.0 Å². The van der Waals surface area contributed by atoms with Gasteiger partial charge in [-0.25, -0.2) is 14.8 Å². The van der Waals surface area contributed by atoms with Crippen molar-refractivity contribution in [2.75, 3.05) is 44.6 Å². The molecule has 0 radical (unpaired) electrons. The number of alkyl halides is 3. The summed E-state index contributed by atoms with van der Waals surface area (Å²) in [4.78, 5) is 24.8. The maximum absolute atomic E-state index is 13.4. The van der Waals surface area contributed by atoms with E-state index in [9.17, 15) is 18.0 Å². The van der Waals surface area contributed by atoms with Crippen LogP contribution in [0.5, 0.6) is 0 Å². The van der Waals surface area contributed by atoms with Crippen molar-refractivity contribution in [3.63, 3.8) is 0 Å². The standard InChI is InChI=1S/C25H25F3N6O2S/c26-25(27,28)21-4-3-19-22(32-21)20(17-5-13-37-16-17)15-30-23(19)29-6-7-33-8-10-34(11-9-33)24(35)31-14-18-2-1-12-36-18/h1-5,12-13,15-16H,6-11,14H2,(H,29,30)(H,31,35). The Labute approximate surface area is 215 Å². The number of nitrogens with zero attached hydrogens (tertiary/aromatic N) is 4. The SMILES string of the molecule is O=C(NCc1ccco1)N1CCN(CCNc2ncc(-c3ccsc3)c3nc(C(F)(F)F)ccc23)CC1. The molecule has 0 spiro atoms. The minimum absolute atomic E-state index is 0.124. The van der Waals surface area contributed by atoms with Gasteiger partial charge in [0.2, 0.25) is 0 Å². The average molecular weight is 531 g/mol. The van der Waals surface area contributed by atoms with Crippen molar-refractivity contribution in [2.24, 2.45) is 0 Å². The van der Waals surface area contributed by atoms with Crippen LogP contribution >= 0.6 is 11.3 Å². The molecular weight excluding hydrogens is 505 g/mol. The molecule has 5 heterocycles. The summed E-state index contributed by atoms with van der Waals surface area (Å²) in [5.41, 5.74) is 0.681. The number of halogens is 3. The molecule has 5 rings (SSSR count). The highest BCUT2D eigenvalue weighted by atomic mass is 32.1. The molecule has 4 aromatic heterocycles. The van der Waals surface area contributed by atoms with Crippen molar-refractivity contribution in [1.29, 1.82) is 0 Å². The number of thiophene rings is 1. The predicted octanol–water partition coefficient (Wildman–Crippen LogP) is 4.91. The van der Waals surface area contributed by atoms with Crippen molar-refractivity contribution in [1.82, 2.24) is 25.1 Å². The normalized spacial score (nSPS) is 14.7. The number of piperazine rings is 1. The van der Waals surface area contributed by atoms with Crippen LogP contribution in [0.3, 0.4) is 0 Å². The number of pyridine rings is 2. The Bertz CT molecular complexity index is 1340. The van der Waals surface area contributed by atoms with Crippen LogP contribution in [0.15, 0.2) is 58.0 Å². The smallest absolute Gasteiger partial charge is 0.433 e. The second-order valence-corrected chi connectivity index (χ2v) is 9.40. The van der Waals surface area contributed by atoms with Gasteiger partial charge in [0.1, 0.15) is 17.3 Å². The number of carbonyl (C=O) groups excluding carboxylic acids is 1. The number of hydrogen-bond acceptors (Lipinski definition) is 7. The monoisotopic (exact) mass is 530 g/mol. The lowest BCUT2D eigenvalue weighted by atomic mass is 10.1. The first-order valence-electron chi connectivity index (χ1n) is 11.8. The fraction of sp³-hybridized carbons (Fsp3) is 0.320. The van der Waals surface area contributed by atoms with Crippen molar-refractivity contribution in [3.8, 4) is 11.1 Å². The molecule has 1 aliphatic heterocycles. The number of fused-ring (bicyclic) bond motifs is 1. The largest absolute Gasteiger partial charge is 0.467 e. The topological polar surface area (TPSA) is 86.5 Å². The summed E-state index contributed by atoms with van der Waals surface area (Å²) in [6.07, 6.45) is -1.39. The molecule has 0 bridgehead atoms. The van der Waals surface area contributed by atoms with E-state index in [1.54, 1.807) is 23.4 Å². The number of hydrogen-bond donors (Lipinski definition) is 2. The molecule has 1 aliphatic rings. The Morgan fingerprint density at radius 2 is 1.97 bits per heavy atom. The van der Waals surface area contributed by atoms with Crippen molar-refractivity contribution in [2.45, 2.75) is 12.7 Å². The lowest BCUT2D eigenvalue weighted by molar-refractivity contribution is -0.140. The highest BCUT2D eigenvalue weighted by Crippen LogP contribution is 2.35. The van der Waals surface area contributed by atoms with Crippen LogP contribution in [0, 0.1) is 0 Å². The summed E-state index contributed by atoms with van der Waals surface area (Å²) in [6, 6.07) is 7.72. The van der Waals surface area contributed by atoms with Gasteiger partial charge in [0.05, 0.1) is 18.3 Å². The number of amides is 2.